The molecule has 114 valence electrons. The lowest BCUT2D eigenvalue weighted by molar-refractivity contribution is 0.0955. The van der Waals surface area contributed by atoms with Crippen molar-refractivity contribution in [1.82, 2.24) is 10.4 Å². The van der Waals surface area contributed by atoms with E-state index in [1.807, 2.05) is 49.4 Å². The van der Waals surface area contributed by atoms with Crippen LogP contribution in [-0.2, 0) is 0 Å². The maximum absolute atomic E-state index is 12.0. The first-order chi connectivity index (χ1) is 11.1. The number of carbonyl (C=O) groups is 1. The molecule has 1 heterocycles. The Morgan fingerprint density at radius 3 is 2.83 bits per heavy atom. The summed E-state index contributed by atoms with van der Waals surface area (Å²) >= 11 is 6.14. The number of nitrogens with zero attached hydrogens (tertiary/aromatic N) is 2. The predicted molar refractivity (Wildman–Crippen MR) is 93.0 cm³/mol. The molecule has 0 radical (unpaired) electrons. The monoisotopic (exact) mass is 323 g/mol. The summed E-state index contributed by atoms with van der Waals surface area (Å²) < 4.78 is 0. The molecule has 0 aliphatic carbocycles. The first-order valence-electron chi connectivity index (χ1n) is 7.09. The van der Waals surface area contributed by atoms with E-state index in [0.717, 1.165) is 16.5 Å². The van der Waals surface area contributed by atoms with Crippen molar-refractivity contribution >= 4 is 34.6 Å². The summed E-state index contributed by atoms with van der Waals surface area (Å²) in [6, 6.07) is 16.9. The van der Waals surface area contributed by atoms with Gasteiger partial charge in [-0.1, -0.05) is 47.5 Å². The van der Waals surface area contributed by atoms with E-state index < -0.39 is 0 Å². The highest BCUT2D eigenvalue weighted by atomic mass is 35.5. The number of para-hydroxylation sites is 1. The quantitative estimate of drug-likeness (QED) is 0.450. The number of hydrazone groups is 1. The third kappa shape index (κ3) is 3.55. The van der Waals surface area contributed by atoms with Gasteiger partial charge in [-0.05, 0) is 31.2 Å². The molecule has 23 heavy (non-hydrogen) atoms. The SMILES string of the molecule is Cc1cccc(C(=O)N/N=C\c2cc3ccccc3nc2Cl)c1. The van der Waals surface area contributed by atoms with E-state index >= 15 is 0 Å². The van der Waals surface area contributed by atoms with Crippen LogP contribution in [0.25, 0.3) is 10.9 Å². The van der Waals surface area contributed by atoms with Crippen molar-refractivity contribution in [3.63, 3.8) is 0 Å². The molecular formula is C18H14ClN3O. The second-order valence-electron chi connectivity index (χ2n) is 5.13. The van der Waals surface area contributed by atoms with Gasteiger partial charge in [0, 0.05) is 16.5 Å². The van der Waals surface area contributed by atoms with E-state index in [9.17, 15) is 4.79 Å². The molecule has 0 saturated carbocycles. The Labute approximate surface area is 138 Å². The van der Waals surface area contributed by atoms with E-state index in [4.69, 9.17) is 11.6 Å². The molecule has 0 aliphatic rings. The van der Waals surface area contributed by atoms with E-state index in [0.29, 0.717) is 16.3 Å². The van der Waals surface area contributed by atoms with Gasteiger partial charge in [0.1, 0.15) is 5.15 Å². The first kappa shape index (κ1) is 15.2. The predicted octanol–water partition coefficient (Wildman–Crippen LogP) is 3.96. The Morgan fingerprint density at radius 2 is 2.00 bits per heavy atom. The van der Waals surface area contributed by atoms with Crippen LogP contribution in [0.15, 0.2) is 59.7 Å². The zero-order valence-electron chi connectivity index (χ0n) is 12.5. The van der Waals surface area contributed by atoms with Crippen molar-refractivity contribution in [1.29, 1.82) is 0 Å². The normalized spacial score (nSPS) is 11.0. The van der Waals surface area contributed by atoms with Gasteiger partial charge in [-0.25, -0.2) is 10.4 Å². The van der Waals surface area contributed by atoms with Crippen LogP contribution in [-0.4, -0.2) is 17.1 Å². The van der Waals surface area contributed by atoms with Crippen LogP contribution in [0.2, 0.25) is 5.15 Å². The summed E-state index contributed by atoms with van der Waals surface area (Å²) in [4.78, 5) is 16.3. The van der Waals surface area contributed by atoms with Gasteiger partial charge in [-0.3, -0.25) is 4.79 Å². The van der Waals surface area contributed by atoms with Crippen molar-refractivity contribution < 1.29 is 4.79 Å². The molecule has 0 aliphatic heterocycles. The number of amides is 1. The number of pyridine rings is 1. The Morgan fingerprint density at radius 1 is 1.17 bits per heavy atom. The van der Waals surface area contributed by atoms with Gasteiger partial charge in [0.2, 0.25) is 0 Å². The van der Waals surface area contributed by atoms with Crippen molar-refractivity contribution in [3.05, 3.63) is 76.4 Å². The largest absolute Gasteiger partial charge is 0.271 e. The number of aromatic nitrogens is 1. The number of fused-ring (bicyclic) bond motifs is 1. The maximum Gasteiger partial charge on any atom is 0.271 e. The lowest BCUT2D eigenvalue weighted by Gasteiger charge is -2.03. The molecule has 0 bridgehead atoms. The van der Waals surface area contributed by atoms with Crippen LogP contribution >= 0.6 is 11.6 Å². The third-order valence-electron chi connectivity index (χ3n) is 3.35. The summed E-state index contributed by atoms with van der Waals surface area (Å²) in [6.45, 7) is 1.93. The number of hydrogen-bond donors (Lipinski definition) is 1. The second kappa shape index (κ2) is 6.58. The fourth-order valence-electron chi connectivity index (χ4n) is 2.21. The Hall–Kier alpha value is -2.72. The number of carbonyl (C=O) groups excluding carboxylic acids is 1. The topological polar surface area (TPSA) is 54.4 Å². The second-order valence-corrected chi connectivity index (χ2v) is 5.49. The van der Waals surface area contributed by atoms with Gasteiger partial charge in [0.25, 0.3) is 5.91 Å². The molecule has 4 nitrogen and oxygen atoms in total. The molecule has 0 spiro atoms. The molecule has 0 saturated heterocycles. The Kier molecular flexibility index (Phi) is 4.35. The van der Waals surface area contributed by atoms with Gasteiger partial charge in [0.05, 0.1) is 11.7 Å². The van der Waals surface area contributed by atoms with Gasteiger partial charge in [-0.2, -0.15) is 5.10 Å². The average Bonchev–Trinajstić information content (AvgIpc) is 2.55. The highest BCUT2D eigenvalue weighted by molar-refractivity contribution is 6.32. The minimum absolute atomic E-state index is 0.269. The molecule has 0 atom stereocenters. The fourth-order valence-corrected chi connectivity index (χ4v) is 2.41. The summed E-state index contributed by atoms with van der Waals surface area (Å²) in [7, 11) is 0. The smallest absolute Gasteiger partial charge is 0.267 e. The highest BCUT2D eigenvalue weighted by Crippen LogP contribution is 2.18. The van der Waals surface area contributed by atoms with Crippen LogP contribution in [0.4, 0.5) is 0 Å². The van der Waals surface area contributed by atoms with Crippen LogP contribution in [0.1, 0.15) is 21.5 Å². The van der Waals surface area contributed by atoms with Crippen LogP contribution < -0.4 is 5.43 Å². The van der Waals surface area contributed by atoms with Crippen molar-refractivity contribution in [2.24, 2.45) is 5.10 Å². The van der Waals surface area contributed by atoms with E-state index in [1.165, 1.54) is 6.21 Å². The van der Waals surface area contributed by atoms with Gasteiger partial charge in [0.15, 0.2) is 0 Å². The number of halogens is 1. The summed E-state index contributed by atoms with van der Waals surface area (Å²) in [6.07, 6.45) is 1.50. The molecule has 3 aromatic rings. The van der Waals surface area contributed by atoms with Crippen molar-refractivity contribution in [3.8, 4) is 0 Å². The fraction of sp³-hybridized carbons (Fsp3) is 0.0556. The minimum Gasteiger partial charge on any atom is -0.267 e. The summed E-state index contributed by atoms with van der Waals surface area (Å²) in [5.41, 5.74) is 5.54. The third-order valence-corrected chi connectivity index (χ3v) is 3.66. The molecule has 2 aromatic carbocycles. The minimum atomic E-state index is -0.269. The highest BCUT2D eigenvalue weighted by Gasteiger charge is 2.05. The van der Waals surface area contributed by atoms with E-state index in [2.05, 4.69) is 15.5 Å². The molecule has 1 amide bonds. The lowest BCUT2D eigenvalue weighted by Crippen LogP contribution is -2.17. The lowest BCUT2D eigenvalue weighted by atomic mass is 10.1. The van der Waals surface area contributed by atoms with E-state index in [1.54, 1.807) is 12.1 Å². The number of benzene rings is 2. The van der Waals surface area contributed by atoms with Gasteiger partial charge >= 0.3 is 0 Å². The molecule has 0 unspecified atom stereocenters. The molecular weight excluding hydrogens is 310 g/mol. The maximum atomic E-state index is 12.0. The van der Waals surface area contributed by atoms with Crippen LogP contribution in [0.5, 0.6) is 0 Å². The van der Waals surface area contributed by atoms with Gasteiger partial charge < -0.3 is 0 Å². The number of nitrogens with one attached hydrogen (secondary N) is 1. The van der Waals surface area contributed by atoms with Gasteiger partial charge in [-0.15, -0.1) is 0 Å². The average molecular weight is 324 g/mol. The number of aryl methyl sites for hydroxylation is 1. The first-order valence-corrected chi connectivity index (χ1v) is 7.46. The zero-order chi connectivity index (χ0) is 16.2. The molecule has 3 rings (SSSR count). The molecule has 0 fully saturated rings. The van der Waals surface area contributed by atoms with Crippen LogP contribution in [0, 0.1) is 6.92 Å². The summed E-state index contributed by atoms with van der Waals surface area (Å²) in [5.74, 6) is -0.269. The Bertz CT molecular complexity index is 906. The molecule has 5 heteroatoms. The standard InChI is InChI=1S/C18H14ClN3O/c1-12-5-4-7-14(9-12)18(23)22-20-11-15-10-13-6-2-3-8-16(13)21-17(15)19/h2-11H,1H3,(H,22,23)/b20-11-. The Balaban J connectivity index is 1.78. The van der Waals surface area contributed by atoms with Crippen molar-refractivity contribution in [2.45, 2.75) is 6.92 Å². The van der Waals surface area contributed by atoms with Crippen LogP contribution in [0.3, 0.4) is 0 Å². The number of hydrogen-bond acceptors (Lipinski definition) is 3. The van der Waals surface area contributed by atoms with Crippen molar-refractivity contribution in [2.75, 3.05) is 0 Å². The summed E-state index contributed by atoms with van der Waals surface area (Å²) in [5, 5.41) is 5.27. The molecule has 1 aromatic heterocycles. The number of rotatable bonds is 3. The molecule has 1 N–H and O–H groups in total. The van der Waals surface area contributed by atoms with E-state index in [-0.39, 0.29) is 5.91 Å². The zero-order valence-corrected chi connectivity index (χ0v) is 13.2.